The Morgan fingerprint density at radius 3 is 2.92 bits per heavy atom. The first-order valence-electron chi connectivity index (χ1n) is 8.38. The topological polar surface area (TPSA) is 56.0 Å². The zero-order valence-corrected chi connectivity index (χ0v) is 14.0. The molecule has 0 radical (unpaired) electrons. The average Bonchev–Trinajstić information content (AvgIpc) is 3.20. The molecule has 3 aromatic rings. The van der Waals surface area contributed by atoms with Crippen molar-refractivity contribution in [2.24, 2.45) is 7.05 Å². The van der Waals surface area contributed by atoms with E-state index in [2.05, 4.69) is 33.0 Å². The van der Waals surface area contributed by atoms with Crippen molar-refractivity contribution in [3.63, 3.8) is 0 Å². The van der Waals surface area contributed by atoms with Gasteiger partial charge in [0, 0.05) is 36.3 Å². The molecule has 1 atom stereocenters. The number of fused-ring (bicyclic) bond motifs is 1. The number of aromatic nitrogens is 4. The Morgan fingerprint density at radius 2 is 2.08 bits per heavy atom. The van der Waals surface area contributed by atoms with E-state index < -0.39 is 0 Å². The maximum absolute atomic E-state index is 11.9. The number of hydrogen-bond acceptors (Lipinski definition) is 4. The summed E-state index contributed by atoms with van der Waals surface area (Å²) in [6.07, 6.45) is 6.83. The third kappa shape index (κ3) is 2.38. The maximum atomic E-state index is 11.9. The van der Waals surface area contributed by atoms with Crippen LogP contribution in [0, 0.1) is 0 Å². The number of carbonyl (C=O) groups is 1. The zero-order valence-electron chi connectivity index (χ0n) is 14.0. The lowest BCUT2D eigenvalue weighted by Gasteiger charge is -2.34. The molecular formula is C18H21N5O. The molecule has 3 heterocycles. The molecule has 24 heavy (non-hydrogen) atoms. The van der Waals surface area contributed by atoms with E-state index in [0.29, 0.717) is 5.82 Å². The van der Waals surface area contributed by atoms with Gasteiger partial charge in [-0.2, -0.15) is 4.79 Å². The van der Waals surface area contributed by atoms with Crippen molar-refractivity contribution >= 4 is 16.7 Å². The van der Waals surface area contributed by atoms with Gasteiger partial charge in [0.25, 0.3) is 0 Å². The third-order valence-electron chi connectivity index (χ3n) is 4.83. The highest BCUT2D eigenvalue weighted by Crippen LogP contribution is 2.27. The fraction of sp³-hybridized carbons (Fsp3) is 0.389. The largest absolute Gasteiger partial charge is 0.350 e. The molecule has 1 aliphatic rings. The quantitative estimate of drug-likeness (QED) is 0.743. The molecule has 0 amide bonds. The molecule has 0 N–H and O–H groups in total. The summed E-state index contributed by atoms with van der Waals surface area (Å²) in [7, 11) is 2.03. The zero-order chi connectivity index (χ0) is 16.7. The number of carbonyl (C=O) groups excluding carboxylic acids is 1. The first kappa shape index (κ1) is 14.9. The highest BCUT2D eigenvalue weighted by Gasteiger charge is 2.27. The molecule has 0 saturated carbocycles. The van der Waals surface area contributed by atoms with E-state index in [1.807, 2.05) is 24.2 Å². The van der Waals surface area contributed by atoms with Gasteiger partial charge in [0.1, 0.15) is 12.4 Å². The summed E-state index contributed by atoms with van der Waals surface area (Å²) < 4.78 is 2.09. The van der Waals surface area contributed by atoms with E-state index in [4.69, 9.17) is 0 Å². The Labute approximate surface area is 140 Å². The molecule has 6 nitrogen and oxygen atoms in total. The van der Waals surface area contributed by atoms with Crippen LogP contribution in [0.5, 0.6) is 0 Å². The SMILES string of the molecule is CC(=O)C1CCCCN1n1cnc(-c2cn(C)c3ccccc23)n1. The van der Waals surface area contributed by atoms with Gasteiger partial charge < -0.3 is 4.57 Å². The maximum Gasteiger partial charge on any atom is 0.185 e. The molecule has 1 fully saturated rings. The molecule has 124 valence electrons. The molecule has 1 aromatic carbocycles. The summed E-state index contributed by atoms with van der Waals surface area (Å²) in [6.45, 7) is 2.49. The molecule has 0 spiro atoms. The highest BCUT2D eigenvalue weighted by atomic mass is 16.1. The molecule has 1 saturated heterocycles. The normalized spacial score (nSPS) is 18.2. The van der Waals surface area contributed by atoms with Gasteiger partial charge in [-0.05, 0) is 32.3 Å². The number of ketones is 1. The number of nitrogens with zero attached hydrogens (tertiary/aromatic N) is 5. The molecule has 2 aromatic heterocycles. The molecule has 4 rings (SSSR count). The number of rotatable bonds is 3. The van der Waals surface area contributed by atoms with Crippen molar-refractivity contribution < 1.29 is 4.79 Å². The monoisotopic (exact) mass is 323 g/mol. The minimum Gasteiger partial charge on any atom is -0.350 e. The number of piperidine rings is 1. The van der Waals surface area contributed by atoms with Crippen molar-refractivity contribution in [1.29, 1.82) is 0 Å². The molecule has 1 aliphatic heterocycles. The van der Waals surface area contributed by atoms with Gasteiger partial charge in [0.2, 0.25) is 0 Å². The summed E-state index contributed by atoms with van der Waals surface area (Å²) in [4.78, 5) is 18.2. The Hall–Kier alpha value is -2.63. The molecule has 1 unspecified atom stereocenters. The lowest BCUT2D eigenvalue weighted by molar-refractivity contribution is -0.119. The van der Waals surface area contributed by atoms with Crippen molar-refractivity contribution in [2.45, 2.75) is 32.2 Å². The Bertz CT molecular complexity index is 894. The summed E-state index contributed by atoms with van der Waals surface area (Å²) in [5, 5.41) is 7.84. The fourth-order valence-electron chi connectivity index (χ4n) is 3.60. The lowest BCUT2D eigenvalue weighted by Crippen LogP contribution is -2.50. The summed E-state index contributed by atoms with van der Waals surface area (Å²) in [6, 6.07) is 8.14. The van der Waals surface area contributed by atoms with Crippen LogP contribution in [0.25, 0.3) is 22.3 Å². The van der Waals surface area contributed by atoms with E-state index >= 15 is 0 Å². The van der Waals surface area contributed by atoms with E-state index in [0.717, 1.165) is 42.3 Å². The second kappa shape index (κ2) is 5.78. The standard InChI is InChI=1S/C18H21N5O/c1-13(24)16-8-5-6-10-22(16)23-12-19-18(20-23)15-11-21(2)17-9-4-3-7-14(15)17/h3-4,7,9,11-12,16H,5-6,8,10H2,1-2H3. The Balaban J connectivity index is 1.73. The van der Waals surface area contributed by atoms with Gasteiger partial charge in [0.15, 0.2) is 11.6 Å². The fourth-order valence-corrected chi connectivity index (χ4v) is 3.60. The number of Topliss-reactive ketones (excluding diaryl/α,β-unsaturated/α-hetero) is 1. The Kier molecular flexibility index (Phi) is 3.59. The summed E-state index contributed by atoms with van der Waals surface area (Å²) in [5.41, 5.74) is 2.17. The van der Waals surface area contributed by atoms with Gasteiger partial charge in [-0.1, -0.05) is 18.2 Å². The highest BCUT2D eigenvalue weighted by molar-refractivity contribution is 5.94. The van der Waals surface area contributed by atoms with E-state index in [9.17, 15) is 4.79 Å². The van der Waals surface area contributed by atoms with Crippen molar-refractivity contribution in [2.75, 3.05) is 11.6 Å². The van der Waals surface area contributed by atoms with Crippen molar-refractivity contribution in [3.05, 3.63) is 36.8 Å². The van der Waals surface area contributed by atoms with Gasteiger partial charge in [-0.3, -0.25) is 9.80 Å². The van der Waals surface area contributed by atoms with E-state index in [-0.39, 0.29) is 11.8 Å². The minimum atomic E-state index is -0.0965. The van der Waals surface area contributed by atoms with Crippen LogP contribution in [0.3, 0.4) is 0 Å². The van der Waals surface area contributed by atoms with Crippen LogP contribution in [-0.2, 0) is 11.8 Å². The van der Waals surface area contributed by atoms with E-state index in [1.165, 1.54) is 0 Å². The number of benzene rings is 1. The van der Waals surface area contributed by atoms with Gasteiger partial charge in [0.05, 0.1) is 0 Å². The first-order chi connectivity index (χ1) is 11.6. The lowest BCUT2D eigenvalue weighted by atomic mass is 10.0. The van der Waals surface area contributed by atoms with Crippen LogP contribution in [0.15, 0.2) is 36.8 Å². The predicted molar refractivity (Wildman–Crippen MR) is 93.3 cm³/mol. The first-order valence-corrected chi connectivity index (χ1v) is 8.38. The van der Waals surface area contributed by atoms with Gasteiger partial charge in [-0.25, -0.2) is 4.98 Å². The minimum absolute atomic E-state index is 0.0965. The van der Waals surface area contributed by atoms with Crippen molar-refractivity contribution in [1.82, 2.24) is 19.4 Å². The predicted octanol–water partition coefficient (Wildman–Crippen LogP) is 2.52. The van der Waals surface area contributed by atoms with Gasteiger partial charge in [-0.15, -0.1) is 5.10 Å². The number of para-hydroxylation sites is 1. The third-order valence-corrected chi connectivity index (χ3v) is 4.83. The number of hydrogen-bond donors (Lipinski definition) is 0. The van der Waals surface area contributed by atoms with Crippen LogP contribution in [0.2, 0.25) is 0 Å². The second-order valence-corrected chi connectivity index (χ2v) is 6.44. The molecule has 0 bridgehead atoms. The van der Waals surface area contributed by atoms with Crippen LogP contribution in [0.1, 0.15) is 26.2 Å². The van der Waals surface area contributed by atoms with Crippen LogP contribution in [0.4, 0.5) is 0 Å². The Morgan fingerprint density at radius 1 is 1.25 bits per heavy atom. The summed E-state index contributed by atoms with van der Waals surface area (Å²) in [5.74, 6) is 0.886. The molecular weight excluding hydrogens is 302 g/mol. The van der Waals surface area contributed by atoms with E-state index in [1.54, 1.807) is 18.0 Å². The van der Waals surface area contributed by atoms with Gasteiger partial charge >= 0.3 is 0 Å². The smallest absolute Gasteiger partial charge is 0.185 e. The van der Waals surface area contributed by atoms with Crippen LogP contribution in [-0.4, -0.2) is 37.8 Å². The molecule has 6 heteroatoms. The van der Waals surface area contributed by atoms with Crippen molar-refractivity contribution in [3.8, 4) is 11.4 Å². The van der Waals surface area contributed by atoms with Crippen LogP contribution >= 0.6 is 0 Å². The van der Waals surface area contributed by atoms with Crippen LogP contribution < -0.4 is 5.01 Å². The number of aryl methyl sites for hydroxylation is 1. The molecule has 0 aliphatic carbocycles. The average molecular weight is 323 g/mol. The second-order valence-electron chi connectivity index (χ2n) is 6.44. The summed E-state index contributed by atoms with van der Waals surface area (Å²) >= 11 is 0.